The summed E-state index contributed by atoms with van der Waals surface area (Å²) in [5.41, 5.74) is 11.1. The number of benzene rings is 2. The Kier molecular flexibility index (Phi) is 6.78. The van der Waals surface area contributed by atoms with Crippen molar-refractivity contribution in [1.29, 1.82) is 0 Å². The number of halogens is 1. The summed E-state index contributed by atoms with van der Waals surface area (Å²) in [5.74, 6) is 0.250. The van der Waals surface area contributed by atoms with E-state index in [1.54, 1.807) is 0 Å². The lowest BCUT2D eigenvalue weighted by Gasteiger charge is -2.37. The number of aromatic nitrogens is 1. The van der Waals surface area contributed by atoms with Gasteiger partial charge in [0.1, 0.15) is 6.10 Å². The molecule has 3 N–H and O–H groups in total. The molecule has 32 heavy (non-hydrogen) atoms. The minimum atomic E-state index is -0.332. The predicted octanol–water partition coefficient (Wildman–Crippen LogP) is 7.00. The Labute approximate surface area is 199 Å². The molecule has 170 valence electrons. The zero-order valence-electron chi connectivity index (χ0n) is 19.2. The summed E-state index contributed by atoms with van der Waals surface area (Å²) >= 11 is 3.45. The van der Waals surface area contributed by atoms with Crippen LogP contribution in [0.1, 0.15) is 79.2 Å². The lowest BCUT2D eigenvalue weighted by molar-refractivity contribution is 0.0339. The van der Waals surface area contributed by atoms with E-state index >= 15 is 0 Å². The van der Waals surface area contributed by atoms with E-state index in [2.05, 4.69) is 46.0 Å². The van der Waals surface area contributed by atoms with Crippen molar-refractivity contribution in [3.63, 3.8) is 0 Å². The second-order valence-electron chi connectivity index (χ2n) is 9.62. The van der Waals surface area contributed by atoms with Gasteiger partial charge in [-0.1, -0.05) is 53.4 Å². The van der Waals surface area contributed by atoms with Crippen molar-refractivity contribution in [2.75, 3.05) is 0 Å². The number of ether oxygens (including phenoxy) is 1. The van der Waals surface area contributed by atoms with Gasteiger partial charge in [0.25, 0.3) is 0 Å². The molecule has 5 heteroatoms. The fourth-order valence-corrected chi connectivity index (χ4v) is 5.38. The highest BCUT2D eigenvalue weighted by Crippen LogP contribution is 2.34. The molecule has 1 aromatic heterocycles. The van der Waals surface area contributed by atoms with Crippen LogP contribution in [0.4, 0.5) is 0 Å². The Hall–Kier alpha value is -2.11. The summed E-state index contributed by atoms with van der Waals surface area (Å²) < 4.78 is 6.85. The van der Waals surface area contributed by atoms with E-state index in [9.17, 15) is 4.79 Å². The molecule has 0 amide bonds. The number of fused-ring (bicyclic) bond motifs is 1. The second-order valence-corrected chi connectivity index (χ2v) is 10.5. The summed E-state index contributed by atoms with van der Waals surface area (Å²) in [6.45, 7) is 6.01. The molecule has 0 spiro atoms. The minimum Gasteiger partial charge on any atom is -0.454 e. The zero-order valence-corrected chi connectivity index (χ0v) is 20.8. The lowest BCUT2D eigenvalue weighted by Crippen LogP contribution is -2.47. The molecule has 1 aliphatic carbocycles. The van der Waals surface area contributed by atoms with Gasteiger partial charge in [-0.2, -0.15) is 0 Å². The largest absolute Gasteiger partial charge is 0.454 e. The van der Waals surface area contributed by atoms with Gasteiger partial charge in [-0.05, 0) is 81.3 Å². The highest BCUT2D eigenvalue weighted by Gasteiger charge is 2.31. The first kappa shape index (κ1) is 23.1. The smallest absolute Gasteiger partial charge is 0.341 e. The van der Waals surface area contributed by atoms with Crippen molar-refractivity contribution in [3.8, 4) is 0 Å². The van der Waals surface area contributed by atoms with Crippen LogP contribution >= 0.6 is 15.9 Å². The second kappa shape index (κ2) is 9.40. The van der Waals surface area contributed by atoms with Gasteiger partial charge >= 0.3 is 5.97 Å². The summed E-state index contributed by atoms with van der Waals surface area (Å²) in [6.07, 6.45) is 6.78. The first-order chi connectivity index (χ1) is 15.2. The van der Waals surface area contributed by atoms with Gasteiger partial charge in [0.05, 0.1) is 5.56 Å². The molecule has 4 rings (SSSR count). The number of rotatable bonds is 6. The van der Waals surface area contributed by atoms with E-state index in [4.69, 9.17) is 10.5 Å². The van der Waals surface area contributed by atoms with Gasteiger partial charge in [-0.25, -0.2) is 4.79 Å². The maximum Gasteiger partial charge on any atom is 0.341 e. The van der Waals surface area contributed by atoms with Crippen LogP contribution in [0.25, 0.3) is 10.9 Å². The van der Waals surface area contributed by atoms with E-state index < -0.39 is 0 Å². The number of hydrogen-bond donors (Lipinski definition) is 2. The maximum absolute atomic E-state index is 13.2. The van der Waals surface area contributed by atoms with Gasteiger partial charge in [0.2, 0.25) is 0 Å². The van der Waals surface area contributed by atoms with Crippen molar-refractivity contribution in [1.82, 2.24) is 4.98 Å². The van der Waals surface area contributed by atoms with Gasteiger partial charge in [-0.3, -0.25) is 0 Å². The fourth-order valence-electron chi connectivity index (χ4n) is 5.11. The number of hydrogen-bond acceptors (Lipinski definition) is 3. The first-order valence-electron chi connectivity index (χ1n) is 11.6. The van der Waals surface area contributed by atoms with Crippen LogP contribution in [0.2, 0.25) is 0 Å². The third-order valence-corrected chi connectivity index (χ3v) is 7.53. The minimum absolute atomic E-state index is 0.240. The number of aryl methyl sites for hydroxylation is 1. The summed E-state index contributed by atoms with van der Waals surface area (Å²) in [7, 11) is 0. The predicted molar refractivity (Wildman–Crippen MR) is 134 cm³/mol. The molecule has 0 saturated heterocycles. The van der Waals surface area contributed by atoms with Crippen LogP contribution in [0.15, 0.2) is 46.9 Å². The highest BCUT2D eigenvalue weighted by molar-refractivity contribution is 9.10. The Bertz CT molecular complexity index is 1090. The Balaban J connectivity index is 1.57. The van der Waals surface area contributed by atoms with Crippen molar-refractivity contribution >= 4 is 32.8 Å². The molecule has 0 bridgehead atoms. The molecule has 3 aromatic rings. The Morgan fingerprint density at radius 2 is 1.88 bits per heavy atom. The maximum atomic E-state index is 13.2. The lowest BCUT2D eigenvalue weighted by atomic mass is 9.73. The molecular formula is C27H33BrN2O2. The SMILES string of the molecule is Cc1[nH]c2ccc(CC(C)(N)C3CCCCC3)cc2c1C(=O)OC(C)c1ccc(Br)cc1. The molecule has 1 heterocycles. The van der Waals surface area contributed by atoms with Crippen LogP contribution in [0, 0.1) is 12.8 Å². The van der Waals surface area contributed by atoms with Crippen LogP contribution < -0.4 is 5.73 Å². The van der Waals surface area contributed by atoms with Crippen molar-refractivity contribution in [2.24, 2.45) is 11.7 Å². The number of carbonyl (C=O) groups excluding carboxylic acids is 1. The number of esters is 1. The monoisotopic (exact) mass is 496 g/mol. The molecule has 2 aromatic carbocycles. The van der Waals surface area contributed by atoms with E-state index in [1.165, 1.54) is 37.7 Å². The van der Waals surface area contributed by atoms with Crippen molar-refractivity contribution in [2.45, 2.75) is 70.9 Å². The third kappa shape index (κ3) is 4.94. The Morgan fingerprint density at radius 1 is 1.19 bits per heavy atom. The first-order valence-corrected chi connectivity index (χ1v) is 12.4. The van der Waals surface area contributed by atoms with Gasteiger partial charge in [0, 0.05) is 26.6 Å². The van der Waals surface area contributed by atoms with Gasteiger partial charge in [-0.15, -0.1) is 0 Å². The molecule has 2 atom stereocenters. The average Bonchev–Trinajstić information content (AvgIpc) is 3.09. The fraction of sp³-hybridized carbons (Fsp3) is 0.444. The molecule has 2 unspecified atom stereocenters. The number of H-pyrrole nitrogens is 1. The summed E-state index contributed by atoms with van der Waals surface area (Å²) in [6, 6.07) is 14.2. The molecule has 0 radical (unpaired) electrons. The average molecular weight is 497 g/mol. The molecule has 1 fully saturated rings. The number of nitrogens with one attached hydrogen (secondary N) is 1. The zero-order chi connectivity index (χ0) is 22.9. The van der Waals surface area contributed by atoms with Gasteiger partial charge in [0.15, 0.2) is 0 Å². The summed E-state index contributed by atoms with van der Waals surface area (Å²) in [5, 5.41) is 0.910. The quantitative estimate of drug-likeness (QED) is 0.361. The highest BCUT2D eigenvalue weighted by atomic mass is 79.9. The molecule has 0 aliphatic heterocycles. The Morgan fingerprint density at radius 3 is 2.56 bits per heavy atom. The number of carbonyl (C=O) groups is 1. The van der Waals surface area contributed by atoms with Crippen molar-refractivity contribution in [3.05, 3.63) is 69.3 Å². The van der Waals surface area contributed by atoms with Gasteiger partial charge < -0.3 is 15.5 Å². The molecular weight excluding hydrogens is 464 g/mol. The standard InChI is InChI=1S/C27H33BrN2O2/c1-17-25(26(31)32-18(2)20-10-12-22(28)13-11-20)23-15-19(9-14-24(23)30-17)16-27(3,29)21-7-5-4-6-8-21/h9-15,18,21,30H,4-8,16,29H2,1-3H3. The number of nitrogens with two attached hydrogens (primary N) is 1. The van der Waals surface area contributed by atoms with E-state index in [0.717, 1.165) is 33.1 Å². The van der Waals surface area contributed by atoms with E-state index in [1.807, 2.05) is 38.1 Å². The molecule has 1 aliphatic rings. The molecule has 1 saturated carbocycles. The van der Waals surface area contributed by atoms with Crippen molar-refractivity contribution < 1.29 is 9.53 Å². The van der Waals surface area contributed by atoms with E-state index in [-0.39, 0.29) is 17.6 Å². The van der Waals surface area contributed by atoms with Crippen LogP contribution in [-0.2, 0) is 11.2 Å². The topological polar surface area (TPSA) is 68.1 Å². The summed E-state index contributed by atoms with van der Waals surface area (Å²) in [4.78, 5) is 16.5. The number of aromatic amines is 1. The van der Waals surface area contributed by atoms with Crippen LogP contribution in [0.5, 0.6) is 0 Å². The van der Waals surface area contributed by atoms with Crippen LogP contribution in [0.3, 0.4) is 0 Å². The normalized spacial score (nSPS) is 17.8. The van der Waals surface area contributed by atoms with E-state index in [0.29, 0.717) is 11.5 Å². The molecule has 4 nitrogen and oxygen atoms in total. The van der Waals surface area contributed by atoms with Crippen LogP contribution in [-0.4, -0.2) is 16.5 Å². The third-order valence-electron chi connectivity index (χ3n) is 7.00.